The molecule has 0 saturated heterocycles. The average Bonchev–Trinajstić information content (AvgIpc) is 3.36. The summed E-state index contributed by atoms with van der Waals surface area (Å²) in [6, 6.07) is 11.7. The molecule has 138 valence electrons. The van der Waals surface area contributed by atoms with Gasteiger partial charge in [0.15, 0.2) is 5.13 Å². The molecule has 0 radical (unpaired) electrons. The van der Waals surface area contributed by atoms with Gasteiger partial charge in [-0.05, 0) is 35.2 Å². The summed E-state index contributed by atoms with van der Waals surface area (Å²) >= 11 is 4.51. The van der Waals surface area contributed by atoms with Gasteiger partial charge in [0.1, 0.15) is 10.6 Å². The fourth-order valence-electron chi connectivity index (χ4n) is 2.66. The molecule has 0 aliphatic heterocycles. The van der Waals surface area contributed by atoms with Crippen molar-refractivity contribution in [3.05, 3.63) is 69.0 Å². The monoisotopic (exact) mass is 417 g/mol. The van der Waals surface area contributed by atoms with Crippen LogP contribution in [0.1, 0.15) is 26.2 Å². The molecule has 0 aliphatic carbocycles. The highest BCUT2D eigenvalue weighted by molar-refractivity contribution is 7.29. The van der Waals surface area contributed by atoms with Crippen molar-refractivity contribution in [2.24, 2.45) is 0 Å². The molecular formula is C19H16FN3OS3. The Bertz CT molecular complexity index is 1040. The molecule has 0 saturated carbocycles. The van der Waals surface area contributed by atoms with E-state index in [9.17, 15) is 9.18 Å². The number of fused-ring (bicyclic) bond motifs is 1. The van der Waals surface area contributed by atoms with Gasteiger partial charge in [-0.1, -0.05) is 29.5 Å². The lowest BCUT2D eigenvalue weighted by molar-refractivity contribution is 0.0947. The molecule has 0 aliphatic rings. The van der Waals surface area contributed by atoms with Crippen LogP contribution in [0.2, 0.25) is 0 Å². The number of anilines is 1. The maximum absolute atomic E-state index is 13.3. The van der Waals surface area contributed by atoms with Crippen LogP contribution >= 0.6 is 34.0 Å². The zero-order valence-corrected chi connectivity index (χ0v) is 17.1. The van der Waals surface area contributed by atoms with Crippen molar-refractivity contribution in [3.63, 3.8) is 0 Å². The third kappa shape index (κ3) is 3.73. The lowest BCUT2D eigenvalue weighted by Crippen LogP contribution is -2.28. The number of hydrogen-bond donors (Lipinski definition) is 1. The van der Waals surface area contributed by atoms with E-state index in [-0.39, 0.29) is 17.8 Å². The second-order valence-corrected chi connectivity index (χ2v) is 9.16. The van der Waals surface area contributed by atoms with Crippen molar-refractivity contribution in [1.29, 1.82) is 0 Å². The summed E-state index contributed by atoms with van der Waals surface area (Å²) in [6.07, 6.45) is 0. The minimum absolute atomic E-state index is 0.153. The van der Waals surface area contributed by atoms with Crippen molar-refractivity contribution in [2.45, 2.75) is 6.04 Å². The van der Waals surface area contributed by atoms with E-state index >= 15 is 0 Å². The second kappa shape index (κ2) is 7.38. The molecule has 0 bridgehead atoms. The van der Waals surface area contributed by atoms with Gasteiger partial charge in [0.05, 0.1) is 15.6 Å². The predicted molar refractivity (Wildman–Crippen MR) is 112 cm³/mol. The molecule has 27 heavy (non-hydrogen) atoms. The number of hydrogen-bond acceptors (Lipinski definition) is 6. The fourth-order valence-corrected chi connectivity index (χ4v) is 5.50. The van der Waals surface area contributed by atoms with Crippen LogP contribution in [0, 0.1) is 5.82 Å². The standard InChI is InChI=1S/C19H16FN3OS3/c1-23(2)19-22-18-15(27-19)10-14(26-18)17(24)21-16(13-4-3-9-25-13)11-5-7-12(20)8-6-11/h3-10,16H,1-2H3,(H,21,24). The minimum atomic E-state index is -0.316. The first-order chi connectivity index (χ1) is 13.0. The smallest absolute Gasteiger partial charge is 0.262 e. The second-order valence-electron chi connectivity index (χ2n) is 6.14. The fraction of sp³-hybridized carbons (Fsp3) is 0.158. The lowest BCUT2D eigenvalue weighted by atomic mass is 10.1. The first-order valence-electron chi connectivity index (χ1n) is 8.18. The molecule has 3 heterocycles. The third-order valence-corrected chi connectivity index (χ3v) is 7.26. The highest BCUT2D eigenvalue weighted by atomic mass is 32.1. The number of nitrogens with one attached hydrogen (secondary N) is 1. The van der Waals surface area contributed by atoms with Gasteiger partial charge in [-0.15, -0.1) is 22.7 Å². The predicted octanol–water partition coefficient (Wildman–Crippen LogP) is 5.14. The largest absolute Gasteiger partial charge is 0.354 e. The number of thiazole rings is 1. The molecule has 3 aromatic heterocycles. The quantitative estimate of drug-likeness (QED) is 0.489. The van der Waals surface area contributed by atoms with E-state index in [1.165, 1.54) is 23.5 Å². The summed E-state index contributed by atoms with van der Waals surface area (Å²) in [4.78, 5) is 21.9. The summed E-state index contributed by atoms with van der Waals surface area (Å²) in [6.45, 7) is 0. The normalized spacial score (nSPS) is 12.3. The number of benzene rings is 1. The summed E-state index contributed by atoms with van der Waals surface area (Å²) in [5, 5.41) is 5.97. The van der Waals surface area contributed by atoms with E-state index in [0.29, 0.717) is 4.88 Å². The van der Waals surface area contributed by atoms with E-state index in [0.717, 1.165) is 25.1 Å². The van der Waals surface area contributed by atoms with E-state index in [2.05, 4.69) is 10.3 Å². The minimum Gasteiger partial charge on any atom is -0.354 e. The Balaban J connectivity index is 1.61. The lowest BCUT2D eigenvalue weighted by Gasteiger charge is -2.17. The van der Waals surface area contributed by atoms with Crippen LogP contribution in [0.15, 0.2) is 47.8 Å². The van der Waals surface area contributed by atoms with Crippen molar-refractivity contribution in [1.82, 2.24) is 10.3 Å². The van der Waals surface area contributed by atoms with Gasteiger partial charge < -0.3 is 10.2 Å². The Morgan fingerprint density at radius 1 is 1.19 bits per heavy atom. The molecule has 4 rings (SSSR count). The van der Waals surface area contributed by atoms with Crippen LogP contribution in [0.4, 0.5) is 9.52 Å². The number of thiophene rings is 2. The molecule has 1 N–H and O–H groups in total. The number of rotatable bonds is 5. The Hall–Kier alpha value is -2.29. The summed E-state index contributed by atoms with van der Waals surface area (Å²) in [5.74, 6) is -0.449. The Kier molecular flexibility index (Phi) is 4.94. The van der Waals surface area contributed by atoms with E-state index in [4.69, 9.17) is 0 Å². The maximum Gasteiger partial charge on any atom is 0.262 e. The molecule has 1 aromatic carbocycles. The Labute approximate surface area is 167 Å². The number of nitrogens with zero attached hydrogens (tertiary/aromatic N) is 2. The van der Waals surface area contributed by atoms with E-state index in [1.807, 2.05) is 42.6 Å². The zero-order chi connectivity index (χ0) is 19.0. The van der Waals surface area contributed by atoms with Gasteiger partial charge in [0.2, 0.25) is 0 Å². The molecular weight excluding hydrogens is 401 g/mol. The molecule has 4 aromatic rings. The number of halogens is 1. The highest BCUT2D eigenvalue weighted by Crippen LogP contribution is 2.34. The molecule has 0 fully saturated rings. The first kappa shape index (κ1) is 18.1. The molecule has 1 atom stereocenters. The topological polar surface area (TPSA) is 45.2 Å². The van der Waals surface area contributed by atoms with Crippen molar-refractivity contribution < 1.29 is 9.18 Å². The average molecular weight is 418 g/mol. The van der Waals surface area contributed by atoms with Crippen LogP contribution in [-0.2, 0) is 0 Å². The van der Waals surface area contributed by atoms with Crippen molar-refractivity contribution in [2.75, 3.05) is 19.0 Å². The number of carbonyl (C=O) groups is 1. The van der Waals surface area contributed by atoms with E-state index in [1.54, 1.807) is 34.8 Å². The van der Waals surface area contributed by atoms with Crippen LogP contribution < -0.4 is 10.2 Å². The number of carbonyl (C=O) groups excluding carboxylic acids is 1. The molecule has 0 spiro atoms. The molecule has 1 amide bonds. The zero-order valence-electron chi connectivity index (χ0n) is 14.6. The SMILES string of the molecule is CN(C)c1nc2sc(C(=O)NC(c3ccc(F)cc3)c3cccs3)cc2s1. The van der Waals surface area contributed by atoms with Gasteiger partial charge in [-0.3, -0.25) is 4.79 Å². The Morgan fingerprint density at radius 3 is 2.59 bits per heavy atom. The molecule has 1 unspecified atom stereocenters. The van der Waals surface area contributed by atoms with Gasteiger partial charge in [0.25, 0.3) is 5.91 Å². The van der Waals surface area contributed by atoms with Gasteiger partial charge in [-0.25, -0.2) is 9.37 Å². The third-order valence-electron chi connectivity index (χ3n) is 3.99. The number of amides is 1. The van der Waals surface area contributed by atoms with Gasteiger partial charge >= 0.3 is 0 Å². The number of aromatic nitrogens is 1. The van der Waals surface area contributed by atoms with Gasteiger partial charge in [0, 0.05) is 19.0 Å². The molecule has 8 heteroatoms. The van der Waals surface area contributed by atoms with Crippen LogP contribution in [-0.4, -0.2) is 25.0 Å². The van der Waals surface area contributed by atoms with Crippen LogP contribution in [0.3, 0.4) is 0 Å². The van der Waals surface area contributed by atoms with Crippen LogP contribution in [0.25, 0.3) is 9.53 Å². The molecule has 4 nitrogen and oxygen atoms in total. The van der Waals surface area contributed by atoms with Crippen molar-refractivity contribution in [3.8, 4) is 0 Å². The highest BCUT2D eigenvalue weighted by Gasteiger charge is 2.21. The summed E-state index contributed by atoms with van der Waals surface area (Å²) in [7, 11) is 3.90. The summed E-state index contributed by atoms with van der Waals surface area (Å²) < 4.78 is 14.3. The maximum atomic E-state index is 13.3. The van der Waals surface area contributed by atoms with Gasteiger partial charge in [-0.2, -0.15) is 0 Å². The Morgan fingerprint density at radius 2 is 1.96 bits per heavy atom. The van der Waals surface area contributed by atoms with Crippen molar-refractivity contribution >= 4 is 54.6 Å². The summed E-state index contributed by atoms with van der Waals surface area (Å²) in [5.41, 5.74) is 0.846. The van der Waals surface area contributed by atoms with Crippen LogP contribution in [0.5, 0.6) is 0 Å². The first-order valence-corrected chi connectivity index (χ1v) is 10.7. The van der Waals surface area contributed by atoms with E-state index < -0.39 is 0 Å².